The van der Waals surface area contributed by atoms with Crippen molar-refractivity contribution in [3.05, 3.63) is 0 Å². The largest absolute Gasteiger partial charge is 0.378 e. The van der Waals surface area contributed by atoms with Crippen molar-refractivity contribution in [2.75, 3.05) is 32.8 Å². The minimum absolute atomic E-state index is 0.186. The summed E-state index contributed by atoms with van der Waals surface area (Å²) in [6, 6.07) is 0. The van der Waals surface area contributed by atoms with Crippen molar-refractivity contribution in [3.63, 3.8) is 0 Å². The molecule has 0 aliphatic carbocycles. The van der Waals surface area contributed by atoms with Gasteiger partial charge < -0.3 is 15.0 Å². The Labute approximate surface area is 122 Å². The van der Waals surface area contributed by atoms with E-state index in [2.05, 4.69) is 10.2 Å². The second kappa shape index (κ2) is 6.44. The molecular weight excluding hydrogens is 252 g/mol. The third kappa shape index (κ3) is 3.34. The van der Waals surface area contributed by atoms with Gasteiger partial charge >= 0.3 is 0 Å². The Morgan fingerprint density at radius 1 is 1.15 bits per heavy atom. The van der Waals surface area contributed by atoms with E-state index < -0.39 is 0 Å². The summed E-state index contributed by atoms with van der Waals surface area (Å²) in [6.45, 7) is 5.08. The van der Waals surface area contributed by atoms with E-state index in [0.29, 0.717) is 17.7 Å². The average Bonchev–Trinajstić information content (AvgIpc) is 2.50. The van der Waals surface area contributed by atoms with Crippen molar-refractivity contribution >= 4 is 5.91 Å². The van der Waals surface area contributed by atoms with Crippen LogP contribution in [0.1, 0.15) is 51.4 Å². The molecule has 0 aromatic rings. The van der Waals surface area contributed by atoms with Crippen LogP contribution in [0.2, 0.25) is 0 Å². The maximum atomic E-state index is 12.4. The Morgan fingerprint density at radius 2 is 1.90 bits per heavy atom. The van der Waals surface area contributed by atoms with Gasteiger partial charge in [-0.3, -0.25) is 4.79 Å². The number of ether oxygens (including phenoxy) is 1. The maximum Gasteiger partial charge on any atom is 0.225 e. The fraction of sp³-hybridized carbons (Fsp3) is 0.938. The fourth-order valence-corrected chi connectivity index (χ4v) is 3.98. The molecule has 3 aliphatic rings. The molecule has 20 heavy (non-hydrogen) atoms. The van der Waals surface area contributed by atoms with E-state index in [-0.39, 0.29) is 6.10 Å². The minimum atomic E-state index is 0.186. The predicted molar refractivity (Wildman–Crippen MR) is 78.6 cm³/mol. The summed E-state index contributed by atoms with van der Waals surface area (Å²) in [5.74, 6) is 0.320. The highest BCUT2D eigenvalue weighted by molar-refractivity contribution is 5.76. The van der Waals surface area contributed by atoms with E-state index in [1.54, 1.807) is 0 Å². The van der Waals surface area contributed by atoms with Gasteiger partial charge in [-0.15, -0.1) is 0 Å². The molecule has 1 atom stereocenters. The summed E-state index contributed by atoms with van der Waals surface area (Å²) in [5, 5.41) is 3.45. The molecule has 0 aromatic heterocycles. The van der Waals surface area contributed by atoms with Crippen molar-refractivity contribution in [1.29, 1.82) is 0 Å². The Bertz CT molecular complexity index is 323. The second-order valence-corrected chi connectivity index (χ2v) is 6.82. The molecule has 1 N–H and O–H groups in total. The van der Waals surface area contributed by atoms with Crippen LogP contribution in [-0.2, 0) is 9.53 Å². The molecule has 1 spiro atoms. The van der Waals surface area contributed by atoms with Gasteiger partial charge in [0, 0.05) is 19.7 Å². The number of piperidine rings is 2. The highest BCUT2D eigenvalue weighted by atomic mass is 16.5. The third-order valence-corrected chi connectivity index (χ3v) is 5.52. The van der Waals surface area contributed by atoms with E-state index in [0.717, 1.165) is 45.6 Å². The number of hydrogen-bond acceptors (Lipinski definition) is 3. The number of carbonyl (C=O) groups excluding carboxylic acids is 1. The fourth-order valence-electron chi connectivity index (χ4n) is 3.98. The Morgan fingerprint density at radius 3 is 2.55 bits per heavy atom. The Balaban J connectivity index is 1.46. The highest BCUT2D eigenvalue weighted by Gasteiger charge is 2.36. The van der Waals surface area contributed by atoms with Crippen LogP contribution in [0.15, 0.2) is 0 Å². The van der Waals surface area contributed by atoms with E-state index in [1.165, 1.54) is 32.1 Å². The SMILES string of the molecule is O=C(CC1CCCCO1)N1CCC2(CCNCC2)CC1. The normalized spacial score (nSPS) is 30.4. The molecule has 3 rings (SSSR count). The lowest BCUT2D eigenvalue weighted by Gasteiger charge is -2.44. The zero-order valence-electron chi connectivity index (χ0n) is 12.5. The van der Waals surface area contributed by atoms with E-state index >= 15 is 0 Å². The Kier molecular flexibility index (Phi) is 4.61. The summed E-state index contributed by atoms with van der Waals surface area (Å²) in [5.41, 5.74) is 0.531. The van der Waals surface area contributed by atoms with Gasteiger partial charge in [0.15, 0.2) is 0 Å². The van der Waals surface area contributed by atoms with Crippen molar-refractivity contribution in [2.45, 2.75) is 57.5 Å². The number of likely N-dealkylation sites (tertiary alicyclic amines) is 1. The molecule has 0 bridgehead atoms. The first-order valence-corrected chi connectivity index (χ1v) is 8.38. The summed E-state index contributed by atoms with van der Waals surface area (Å²) >= 11 is 0. The lowest BCUT2D eigenvalue weighted by Crippen LogP contribution is -2.47. The smallest absolute Gasteiger partial charge is 0.225 e. The molecule has 3 saturated heterocycles. The van der Waals surface area contributed by atoms with Gasteiger partial charge in [0.25, 0.3) is 0 Å². The molecular formula is C16H28N2O2. The number of hydrogen-bond donors (Lipinski definition) is 1. The predicted octanol–water partition coefficient (Wildman–Crippen LogP) is 1.94. The quantitative estimate of drug-likeness (QED) is 0.840. The van der Waals surface area contributed by atoms with Gasteiger partial charge in [-0.25, -0.2) is 0 Å². The molecule has 0 aromatic carbocycles. The molecule has 0 saturated carbocycles. The number of amides is 1. The van der Waals surface area contributed by atoms with Crippen LogP contribution >= 0.6 is 0 Å². The van der Waals surface area contributed by atoms with E-state index in [4.69, 9.17) is 4.74 Å². The number of carbonyl (C=O) groups is 1. The number of rotatable bonds is 2. The van der Waals surface area contributed by atoms with Crippen LogP contribution in [0.25, 0.3) is 0 Å². The standard InChI is InChI=1S/C16H28N2O2/c19-15(13-14-3-1-2-12-20-14)18-10-6-16(7-11-18)4-8-17-9-5-16/h14,17H,1-13H2. The minimum Gasteiger partial charge on any atom is -0.378 e. The molecule has 4 nitrogen and oxygen atoms in total. The first kappa shape index (κ1) is 14.3. The number of nitrogens with zero attached hydrogens (tertiary/aromatic N) is 1. The maximum absolute atomic E-state index is 12.4. The number of nitrogens with one attached hydrogen (secondary N) is 1. The molecule has 3 aliphatic heterocycles. The van der Waals surface area contributed by atoms with Crippen molar-refractivity contribution in [2.24, 2.45) is 5.41 Å². The van der Waals surface area contributed by atoms with Gasteiger partial charge in [0.1, 0.15) is 0 Å². The van der Waals surface area contributed by atoms with Gasteiger partial charge in [-0.1, -0.05) is 0 Å². The molecule has 0 radical (unpaired) electrons. The second-order valence-electron chi connectivity index (χ2n) is 6.82. The topological polar surface area (TPSA) is 41.6 Å². The van der Waals surface area contributed by atoms with Crippen molar-refractivity contribution in [3.8, 4) is 0 Å². The van der Waals surface area contributed by atoms with Gasteiger partial charge in [0.05, 0.1) is 12.5 Å². The highest BCUT2D eigenvalue weighted by Crippen LogP contribution is 2.39. The summed E-state index contributed by atoms with van der Waals surface area (Å²) < 4.78 is 5.69. The first-order chi connectivity index (χ1) is 9.77. The molecule has 114 valence electrons. The first-order valence-electron chi connectivity index (χ1n) is 8.38. The zero-order valence-corrected chi connectivity index (χ0v) is 12.5. The zero-order chi connectivity index (χ0) is 13.8. The molecule has 1 amide bonds. The lowest BCUT2D eigenvalue weighted by atomic mass is 9.71. The summed E-state index contributed by atoms with van der Waals surface area (Å²) in [4.78, 5) is 14.5. The van der Waals surface area contributed by atoms with Gasteiger partial charge in [0.2, 0.25) is 5.91 Å². The van der Waals surface area contributed by atoms with Crippen LogP contribution in [-0.4, -0.2) is 49.7 Å². The molecule has 4 heteroatoms. The monoisotopic (exact) mass is 280 g/mol. The molecule has 3 fully saturated rings. The third-order valence-electron chi connectivity index (χ3n) is 5.52. The lowest BCUT2D eigenvalue weighted by molar-refractivity contribution is -0.137. The summed E-state index contributed by atoms with van der Waals surface area (Å²) in [7, 11) is 0. The summed E-state index contributed by atoms with van der Waals surface area (Å²) in [6.07, 6.45) is 9.22. The van der Waals surface area contributed by atoms with Gasteiger partial charge in [-0.05, 0) is 63.5 Å². The van der Waals surface area contributed by atoms with Crippen LogP contribution in [0, 0.1) is 5.41 Å². The van der Waals surface area contributed by atoms with Crippen molar-refractivity contribution < 1.29 is 9.53 Å². The van der Waals surface area contributed by atoms with E-state index in [9.17, 15) is 4.79 Å². The van der Waals surface area contributed by atoms with Gasteiger partial charge in [-0.2, -0.15) is 0 Å². The van der Waals surface area contributed by atoms with E-state index in [1.807, 2.05) is 0 Å². The Hall–Kier alpha value is -0.610. The van der Waals surface area contributed by atoms with Crippen molar-refractivity contribution in [1.82, 2.24) is 10.2 Å². The van der Waals surface area contributed by atoms with Crippen LogP contribution in [0.3, 0.4) is 0 Å². The average molecular weight is 280 g/mol. The molecule has 1 unspecified atom stereocenters. The molecule has 3 heterocycles. The van der Waals surface area contributed by atoms with Crippen LogP contribution in [0.4, 0.5) is 0 Å². The van der Waals surface area contributed by atoms with Crippen LogP contribution in [0.5, 0.6) is 0 Å². The van der Waals surface area contributed by atoms with Crippen LogP contribution < -0.4 is 5.32 Å².